The van der Waals surface area contributed by atoms with Gasteiger partial charge in [0.2, 0.25) is 5.88 Å². The number of nitrogens with one attached hydrogen (secondary N) is 1. The normalized spacial score (nSPS) is 10.8. The van der Waals surface area contributed by atoms with Crippen molar-refractivity contribution in [2.24, 2.45) is 0 Å². The van der Waals surface area contributed by atoms with Crippen molar-refractivity contribution in [3.63, 3.8) is 0 Å². The molecule has 0 atom stereocenters. The standard InChI is InChI=1S/C18H15N5O2/c1-25-13-5-2-4-12(10-13)14-8-9-17-20-16(11-23(17)22-14)19-15-6-3-7-18(24)21-15/h2-11H,1H3,(H2,19,21,24). The number of imidazole rings is 1. The zero-order valence-corrected chi connectivity index (χ0v) is 13.4. The van der Waals surface area contributed by atoms with Crippen LogP contribution in [0.1, 0.15) is 0 Å². The number of nitrogens with zero attached hydrogens (tertiary/aromatic N) is 4. The molecule has 0 aliphatic heterocycles. The molecule has 0 amide bonds. The Hall–Kier alpha value is -3.61. The van der Waals surface area contributed by atoms with Crippen LogP contribution in [0.25, 0.3) is 16.9 Å². The Balaban J connectivity index is 1.67. The molecule has 0 bridgehead atoms. The van der Waals surface area contributed by atoms with Crippen molar-refractivity contribution in [2.75, 3.05) is 12.4 Å². The Morgan fingerprint density at radius 1 is 1.00 bits per heavy atom. The minimum atomic E-state index is -0.0489. The molecule has 0 aliphatic carbocycles. The van der Waals surface area contributed by atoms with Crippen LogP contribution in [-0.2, 0) is 0 Å². The van der Waals surface area contributed by atoms with E-state index in [1.54, 1.807) is 30.0 Å². The summed E-state index contributed by atoms with van der Waals surface area (Å²) in [5.41, 5.74) is 2.47. The van der Waals surface area contributed by atoms with Gasteiger partial charge in [0, 0.05) is 11.6 Å². The fraction of sp³-hybridized carbons (Fsp3) is 0.0556. The van der Waals surface area contributed by atoms with Crippen LogP contribution in [0, 0.1) is 0 Å². The maximum atomic E-state index is 9.44. The molecule has 4 aromatic rings. The first kappa shape index (κ1) is 14.9. The van der Waals surface area contributed by atoms with E-state index < -0.39 is 0 Å². The average Bonchev–Trinajstić information content (AvgIpc) is 3.03. The lowest BCUT2D eigenvalue weighted by Crippen LogP contribution is -1.93. The van der Waals surface area contributed by atoms with E-state index in [-0.39, 0.29) is 5.88 Å². The van der Waals surface area contributed by atoms with Crippen LogP contribution in [0.15, 0.2) is 60.8 Å². The van der Waals surface area contributed by atoms with Crippen molar-refractivity contribution in [2.45, 2.75) is 0 Å². The van der Waals surface area contributed by atoms with Gasteiger partial charge < -0.3 is 15.2 Å². The van der Waals surface area contributed by atoms with Crippen LogP contribution < -0.4 is 10.1 Å². The highest BCUT2D eigenvalue weighted by Gasteiger charge is 2.07. The minimum absolute atomic E-state index is 0.0489. The number of methoxy groups -OCH3 is 1. The van der Waals surface area contributed by atoms with E-state index >= 15 is 0 Å². The molecule has 0 saturated heterocycles. The quantitative estimate of drug-likeness (QED) is 0.596. The van der Waals surface area contributed by atoms with E-state index in [0.717, 1.165) is 17.0 Å². The number of benzene rings is 1. The van der Waals surface area contributed by atoms with E-state index in [9.17, 15) is 5.11 Å². The molecular formula is C18H15N5O2. The highest BCUT2D eigenvalue weighted by atomic mass is 16.5. The number of rotatable bonds is 4. The van der Waals surface area contributed by atoms with Crippen LogP contribution in [0.5, 0.6) is 11.6 Å². The number of pyridine rings is 1. The number of aromatic hydroxyl groups is 1. The number of anilines is 2. The van der Waals surface area contributed by atoms with Crippen LogP contribution >= 0.6 is 0 Å². The monoisotopic (exact) mass is 333 g/mol. The molecule has 7 nitrogen and oxygen atoms in total. The Morgan fingerprint density at radius 3 is 2.72 bits per heavy atom. The predicted octanol–water partition coefficient (Wildman–Crippen LogP) is 3.25. The molecule has 3 aromatic heterocycles. The second-order valence-electron chi connectivity index (χ2n) is 5.39. The summed E-state index contributed by atoms with van der Waals surface area (Å²) >= 11 is 0. The fourth-order valence-corrected chi connectivity index (χ4v) is 2.50. The molecule has 0 fully saturated rings. The van der Waals surface area contributed by atoms with Gasteiger partial charge in [-0.05, 0) is 30.3 Å². The third kappa shape index (κ3) is 3.07. The van der Waals surface area contributed by atoms with Crippen molar-refractivity contribution >= 4 is 17.3 Å². The Kier molecular flexibility index (Phi) is 3.66. The first-order valence-corrected chi connectivity index (χ1v) is 7.65. The first-order chi connectivity index (χ1) is 12.2. The minimum Gasteiger partial charge on any atom is -0.497 e. The summed E-state index contributed by atoms with van der Waals surface area (Å²) in [5, 5.41) is 17.1. The van der Waals surface area contributed by atoms with Crippen molar-refractivity contribution in [1.82, 2.24) is 19.6 Å². The fourth-order valence-electron chi connectivity index (χ4n) is 2.50. The molecule has 2 N–H and O–H groups in total. The van der Waals surface area contributed by atoms with Crippen molar-refractivity contribution in [3.8, 4) is 22.9 Å². The Morgan fingerprint density at radius 2 is 1.88 bits per heavy atom. The van der Waals surface area contributed by atoms with Gasteiger partial charge in [0.15, 0.2) is 11.5 Å². The largest absolute Gasteiger partial charge is 0.497 e. The zero-order valence-electron chi connectivity index (χ0n) is 13.4. The maximum Gasteiger partial charge on any atom is 0.212 e. The van der Waals surface area contributed by atoms with Gasteiger partial charge in [-0.1, -0.05) is 18.2 Å². The first-order valence-electron chi connectivity index (χ1n) is 7.65. The maximum absolute atomic E-state index is 9.44. The van der Waals surface area contributed by atoms with E-state index in [4.69, 9.17) is 4.74 Å². The highest BCUT2D eigenvalue weighted by Crippen LogP contribution is 2.23. The zero-order chi connectivity index (χ0) is 17.2. The lowest BCUT2D eigenvalue weighted by Gasteiger charge is -2.04. The third-order valence-corrected chi connectivity index (χ3v) is 3.68. The predicted molar refractivity (Wildman–Crippen MR) is 94.2 cm³/mol. The molecule has 3 heterocycles. The van der Waals surface area contributed by atoms with E-state index in [1.165, 1.54) is 6.07 Å². The molecule has 7 heteroatoms. The molecule has 0 unspecified atom stereocenters. The third-order valence-electron chi connectivity index (χ3n) is 3.68. The van der Waals surface area contributed by atoms with Crippen molar-refractivity contribution in [1.29, 1.82) is 0 Å². The smallest absolute Gasteiger partial charge is 0.212 e. The molecule has 0 radical (unpaired) electrons. The number of hydrogen-bond acceptors (Lipinski definition) is 6. The summed E-state index contributed by atoms with van der Waals surface area (Å²) in [6.07, 6.45) is 1.77. The molecule has 0 spiro atoms. The summed E-state index contributed by atoms with van der Waals surface area (Å²) in [4.78, 5) is 8.43. The molecule has 0 saturated carbocycles. The lowest BCUT2D eigenvalue weighted by molar-refractivity contribution is 0.415. The Labute approximate surface area is 143 Å². The van der Waals surface area contributed by atoms with E-state index in [1.807, 2.05) is 36.4 Å². The van der Waals surface area contributed by atoms with Crippen molar-refractivity contribution in [3.05, 3.63) is 60.8 Å². The summed E-state index contributed by atoms with van der Waals surface area (Å²) in [5.74, 6) is 1.83. The number of ether oxygens (including phenoxy) is 1. The topological polar surface area (TPSA) is 84.6 Å². The summed E-state index contributed by atoms with van der Waals surface area (Å²) in [7, 11) is 1.64. The highest BCUT2D eigenvalue weighted by molar-refractivity contribution is 5.63. The van der Waals surface area contributed by atoms with Gasteiger partial charge in [-0.25, -0.2) is 9.50 Å². The van der Waals surface area contributed by atoms with E-state index in [0.29, 0.717) is 17.3 Å². The van der Waals surface area contributed by atoms with Gasteiger partial charge in [-0.3, -0.25) is 0 Å². The second kappa shape index (κ2) is 6.12. The molecule has 0 aliphatic rings. The Bertz CT molecular complexity index is 1040. The van der Waals surface area contributed by atoms with Gasteiger partial charge in [0.25, 0.3) is 0 Å². The summed E-state index contributed by atoms with van der Waals surface area (Å²) in [6, 6.07) is 16.5. The van der Waals surface area contributed by atoms with Gasteiger partial charge in [0.1, 0.15) is 11.6 Å². The number of fused-ring (bicyclic) bond motifs is 1. The molecular weight excluding hydrogens is 318 g/mol. The molecule has 124 valence electrons. The molecule has 4 rings (SSSR count). The van der Waals surface area contributed by atoms with Gasteiger partial charge in [-0.15, -0.1) is 0 Å². The van der Waals surface area contributed by atoms with Crippen LogP contribution in [-0.4, -0.2) is 31.8 Å². The number of aromatic nitrogens is 4. The van der Waals surface area contributed by atoms with Crippen molar-refractivity contribution < 1.29 is 9.84 Å². The summed E-state index contributed by atoms with van der Waals surface area (Å²) in [6.45, 7) is 0. The van der Waals surface area contributed by atoms with Gasteiger partial charge in [-0.2, -0.15) is 10.1 Å². The van der Waals surface area contributed by atoms with Crippen LogP contribution in [0.4, 0.5) is 11.6 Å². The molecule has 25 heavy (non-hydrogen) atoms. The van der Waals surface area contributed by atoms with E-state index in [2.05, 4.69) is 20.4 Å². The summed E-state index contributed by atoms with van der Waals surface area (Å²) < 4.78 is 6.95. The van der Waals surface area contributed by atoms with Gasteiger partial charge in [0.05, 0.1) is 19.0 Å². The number of hydrogen-bond donors (Lipinski definition) is 2. The lowest BCUT2D eigenvalue weighted by atomic mass is 10.1. The van der Waals surface area contributed by atoms with Gasteiger partial charge >= 0.3 is 0 Å². The average molecular weight is 333 g/mol. The molecule has 1 aromatic carbocycles. The second-order valence-corrected chi connectivity index (χ2v) is 5.39. The SMILES string of the molecule is COc1cccc(-c2ccc3nc(Nc4cccc(O)n4)cn3n2)c1. The van der Waals surface area contributed by atoms with Crippen LogP contribution in [0.2, 0.25) is 0 Å². The van der Waals surface area contributed by atoms with Crippen LogP contribution in [0.3, 0.4) is 0 Å².